The average Bonchev–Trinajstić information content (AvgIpc) is 2.77. The van der Waals surface area contributed by atoms with Crippen molar-refractivity contribution >= 4 is 12.0 Å². The van der Waals surface area contributed by atoms with Gasteiger partial charge < -0.3 is 25.2 Å². The molecule has 0 fully saturated rings. The van der Waals surface area contributed by atoms with Crippen LogP contribution in [0.3, 0.4) is 0 Å². The second-order valence-electron chi connectivity index (χ2n) is 10.7. The van der Waals surface area contributed by atoms with E-state index in [1.165, 1.54) is 0 Å². The van der Waals surface area contributed by atoms with Crippen LogP contribution in [-0.4, -0.2) is 47.5 Å². The molecule has 0 aromatic heterocycles. The van der Waals surface area contributed by atoms with Gasteiger partial charge in [-0.1, -0.05) is 62.4 Å². The van der Waals surface area contributed by atoms with Gasteiger partial charge in [-0.25, -0.2) is 4.79 Å². The molecule has 0 aliphatic carbocycles. The maximum atomic E-state index is 12.9. The predicted molar refractivity (Wildman–Crippen MR) is 142 cm³/mol. The summed E-state index contributed by atoms with van der Waals surface area (Å²) in [7, 11) is 0. The van der Waals surface area contributed by atoms with Gasteiger partial charge in [0.15, 0.2) is 6.61 Å². The van der Waals surface area contributed by atoms with Gasteiger partial charge in [-0.2, -0.15) is 0 Å². The van der Waals surface area contributed by atoms with Crippen molar-refractivity contribution in [1.82, 2.24) is 10.6 Å². The van der Waals surface area contributed by atoms with E-state index in [4.69, 9.17) is 9.47 Å². The van der Waals surface area contributed by atoms with Crippen molar-refractivity contribution in [2.45, 2.75) is 85.1 Å². The van der Waals surface area contributed by atoms with Gasteiger partial charge in [-0.05, 0) is 70.1 Å². The first-order valence-electron chi connectivity index (χ1n) is 12.6. The molecule has 2 aromatic carbocycles. The number of carbonyl (C=O) groups is 2. The molecule has 198 valence electrons. The predicted octanol–water partition coefficient (Wildman–Crippen LogP) is 4.71. The van der Waals surface area contributed by atoms with Crippen LogP contribution >= 0.6 is 0 Å². The minimum absolute atomic E-state index is 0.0487. The van der Waals surface area contributed by atoms with Gasteiger partial charge in [0, 0.05) is 6.04 Å². The minimum Gasteiger partial charge on any atom is -0.483 e. The lowest BCUT2D eigenvalue weighted by molar-refractivity contribution is -0.124. The average molecular weight is 499 g/mol. The van der Waals surface area contributed by atoms with E-state index in [2.05, 4.69) is 10.6 Å². The Morgan fingerprint density at radius 2 is 1.53 bits per heavy atom. The summed E-state index contributed by atoms with van der Waals surface area (Å²) in [6.07, 6.45) is -0.739. The SMILES string of the molecule is Cc1cccc(C)c1OCC(=O)NC(Cc1ccccc1)C(O)CC(NC(=O)OC(C)(C)C)C(C)C. The van der Waals surface area contributed by atoms with Crippen LogP contribution in [0.1, 0.15) is 57.7 Å². The number of aryl methyl sites for hydroxylation is 2. The highest BCUT2D eigenvalue weighted by Gasteiger charge is 2.29. The Morgan fingerprint density at radius 3 is 2.08 bits per heavy atom. The van der Waals surface area contributed by atoms with E-state index in [9.17, 15) is 14.7 Å². The van der Waals surface area contributed by atoms with Crippen LogP contribution in [0.25, 0.3) is 0 Å². The first-order chi connectivity index (χ1) is 16.9. The number of hydrogen-bond donors (Lipinski definition) is 3. The van der Waals surface area contributed by atoms with Gasteiger partial charge in [0.05, 0.1) is 12.1 Å². The lowest BCUT2D eigenvalue weighted by Gasteiger charge is -2.31. The molecule has 0 spiro atoms. The summed E-state index contributed by atoms with van der Waals surface area (Å²) < 4.78 is 11.2. The van der Waals surface area contributed by atoms with E-state index in [1.807, 2.05) is 76.2 Å². The number of carbonyl (C=O) groups excluding carboxylic acids is 2. The van der Waals surface area contributed by atoms with Crippen molar-refractivity contribution in [3.8, 4) is 5.75 Å². The lowest BCUT2D eigenvalue weighted by Crippen LogP contribution is -2.50. The number of benzene rings is 2. The van der Waals surface area contributed by atoms with Crippen LogP contribution < -0.4 is 15.4 Å². The molecule has 2 aromatic rings. The number of ether oxygens (including phenoxy) is 2. The smallest absolute Gasteiger partial charge is 0.407 e. The van der Waals surface area contributed by atoms with E-state index in [-0.39, 0.29) is 30.9 Å². The van der Waals surface area contributed by atoms with Crippen molar-refractivity contribution in [3.63, 3.8) is 0 Å². The van der Waals surface area contributed by atoms with E-state index >= 15 is 0 Å². The first kappa shape index (κ1) is 29.2. The third-order valence-electron chi connectivity index (χ3n) is 5.87. The summed E-state index contributed by atoms with van der Waals surface area (Å²) in [5, 5.41) is 17.0. The molecule has 3 atom stereocenters. The highest BCUT2D eigenvalue weighted by Crippen LogP contribution is 2.22. The number of amides is 2. The van der Waals surface area contributed by atoms with Crippen LogP contribution in [-0.2, 0) is 16.0 Å². The van der Waals surface area contributed by atoms with Gasteiger partial charge >= 0.3 is 6.09 Å². The van der Waals surface area contributed by atoms with E-state index in [0.717, 1.165) is 16.7 Å². The van der Waals surface area contributed by atoms with Crippen LogP contribution in [0.5, 0.6) is 5.75 Å². The molecule has 2 rings (SSSR count). The van der Waals surface area contributed by atoms with Crippen LogP contribution in [0.4, 0.5) is 4.79 Å². The van der Waals surface area contributed by atoms with Crippen LogP contribution in [0.15, 0.2) is 48.5 Å². The molecule has 0 heterocycles. The second kappa shape index (κ2) is 13.3. The van der Waals surface area contributed by atoms with Gasteiger partial charge in [0.25, 0.3) is 5.91 Å². The molecule has 0 aliphatic rings. The Balaban J connectivity index is 2.11. The summed E-state index contributed by atoms with van der Waals surface area (Å²) in [5.74, 6) is 0.417. The van der Waals surface area contributed by atoms with Crippen molar-refractivity contribution in [2.75, 3.05) is 6.61 Å². The normalized spacial score (nSPS) is 14.0. The Kier molecular flexibility index (Phi) is 10.8. The summed E-state index contributed by atoms with van der Waals surface area (Å²) in [6, 6.07) is 14.6. The number of hydrogen-bond acceptors (Lipinski definition) is 5. The standard InChI is InChI=1S/C29H42N2O5/c1-19(2)23(31-28(34)36-29(5,6)7)17-25(32)24(16-22-14-9-8-10-15-22)30-26(33)18-35-27-20(3)12-11-13-21(27)4/h8-15,19,23-25,32H,16-18H2,1-7H3,(H,30,33)(H,31,34). The van der Waals surface area contributed by atoms with Crippen molar-refractivity contribution < 1.29 is 24.2 Å². The molecule has 36 heavy (non-hydrogen) atoms. The Hall–Kier alpha value is -3.06. The summed E-state index contributed by atoms with van der Waals surface area (Å²) in [6.45, 7) is 13.1. The Labute approximate surface area is 215 Å². The molecule has 3 unspecified atom stereocenters. The van der Waals surface area contributed by atoms with Crippen LogP contribution in [0, 0.1) is 19.8 Å². The zero-order valence-electron chi connectivity index (χ0n) is 22.6. The van der Waals surface area contributed by atoms with Crippen molar-refractivity contribution in [2.24, 2.45) is 5.92 Å². The fourth-order valence-corrected chi connectivity index (χ4v) is 3.95. The van der Waals surface area contributed by atoms with E-state index in [1.54, 1.807) is 20.8 Å². The Bertz CT molecular complexity index is 965. The largest absolute Gasteiger partial charge is 0.483 e. The number of para-hydroxylation sites is 1. The molecule has 0 saturated carbocycles. The van der Waals surface area contributed by atoms with E-state index in [0.29, 0.717) is 12.2 Å². The fourth-order valence-electron chi connectivity index (χ4n) is 3.95. The molecule has 3 N–H and O–H groups in total. The third-order valence-corrected chi connectivity index (χ3v) is 5.87. The van der Waals surface area contributed by atoms with Gasteiger partial charge in [0.1, 0.15) is 11.4 Å². The molecule has 0 radical (unpaired) electrons. The molecule has 2 amide bonds. The number of rotatable bonds is 11. The van der Waals surface area contributed by atoms with Crippen molar-refractivity contribution in [3.05, 3.63) is 65.2 Å². The number of aliphatic hydroxyl groups is 1. The molecule has 7 heteroatoms. The van der Waals surface area contributed by atoms with Crippen LogP contribution in [0.2, 0.25) is 0 Å². The summed E-state index contributed by atoms with van der Waals surface area (Å²) in [5.41, 5.74) is 2.27. The van der Waals surface area contributed by atoms with Crippen molar-refractivity contribution in [1.29, 1.82) is 0 Å². The summed E-state index contributed by atoms with van der Waals surface area (Å²) in [4.78, 5) is 25.2. The first-order valence-corrected chi connectivity index (χ1v) is 12.6. The lowest BCUT2D eigenvalue weighted by atomic mass is 9.92. The highest BCUT2D eigenvalue weighted by molar-refractivity contribution is 5.78. The fraction of sp³-hybridized carbons (Fsp3) is 0.517. The summed E-state index contributed by atoms with van der Waals surface area (Å²) >= 11 is 0. The minimum atomic E-state index is -0.906. The second-order valence-corrected chi connectivity index (χ2v) is 10.7. The molecule has 0 bridgehead atoms. The van der Waals surface area contributed by atoms with Gasteiger partial charge in [-0.15, -0.1) is 0 Å². The molecule has 7 nitrogen and oxygen atoms in total. The monoisotopic (exact) mass is 498 g/mol. The topological polar surface area (TPSA) is 96.9 Å². The molecule has 0 aliphatic heterocycles. The number of aliphatic hydroxyl groups excluding tert-OH is 1. The third kappa shape index (κ3) is 9.90. The zero-order chi connectivity index (χ0) is 26.9. The Morgan fingerprint density at radius 1 is 0.917 bits per heavy atom. The van der Waals surface area contributed by atoms with Gasteiger partial charge in [0.2, 0.25) is 0 Å². The molecule has 0 saturated heterocycles. The number of nitrogens with one attached hydrogen (secondary N) is 2. The zero-order valence-corrected chi connectivity index (χ0v) is 22.6. The highest BCUT2D eigenvalue weighted by atomic mass is 16.6. The number of alkyl carbamates (subject to hydrolysis) is 1. The molecular formula is C29H42N2O5. The van der Waals surface area contributed by atoms with Gasteiger partial charge in [-0.3, -0.25) is 4.79 Å². The molecular weight excluding hydrogens is 456 g/mol. The quantitative estimate of drug-likeness (QED) is 0.417. The maximum Gasteiger partial charge on any atom is 0.407 e. The maximum absolute atomic E-state index is 12.9. The van der Waals surface area contributed by atoms with E-state index < -0.39 is 23.8 Å².